The van der Waals surface area contributed by atoms with Crippen molar-refractivity contribution in [3.63, 3.8) is 0 Å². The predicted octanol–water partition coefficient (Wildman–Crippen LogP) is 3.71. The molecule has 0 radical (unpaired) electrons. The van der Waals surface area contributed by atoms with Gasteiger partial charge in [-0.2, -0.15) is 0 Å². The maximum absolute atomic E-state index is 3.47. The van der Waals surface area contributed by atoms with Crippen LogP contribution in [0.5, 0.6) is 0 Å². The van der Waals surface area contributed by atoms with Crippen molar-refractivity contribution in [2.45, 2.75) is 46.6 Å². The monoisotopic (exact) mass is 288 g/mol. The molecule has 0 aliphatic carbocycles. The lowest BCUT2D eigenvalue weighted by Gasteiger charge is -2.35. The van der Waals surface area contributed by atoms with Crippen LogP contribution in [-0.2, 0) is 13.0 Å². The molecular formula is C19H32N2. The number of hydrogen-bond acceptors (Lipinski definition) is 2. The average Bonchev–Trinajstić information content (AvgIpc) is 2.44. The predicted molar refractivity (Wildman–Crippen MR) is 91.5 cm³/mol. The SMILES string of the molecule is CCCNCCc1ccc(CN2CC(C)CC(C)C2)cc1. The van der Waals surface area contributed by atoms with Gasteiger partial charge in [-0.1, -0.05) is 45.0 Å². The van der Waals surface area contributed by atoms with Gasteiger partial charge in [0.2, 0.25) is 0 Å². The summed E-state index contributed by atoms with van der Waals surface area (Å²) in [6, 6.07) is 9.25. The Morgan fingerprint density at radius 1 is 1.00 bits per heavy atom. The molecular weight excluding hydrogens is 256 g/mol. The minimum atomic E-state index is 0.845. The molecule has 0 bridgehead atoms. The summed E-state index contributed by atoms with van der Waals surface area (Å²) < 4.78 is 0. The van der Waals surface area contributed by atoms with Crippen molar-refractivity contribution >= 4 is 0 Å². The van der Waals surface area contributed by atoms with E-state index in [2.05, 4.69) is 55.3 Å². The van der Waals surface area contributed by atoms with E-state index in [0.717, 1.165) is 37.9 Å². The van der Waals surface area contributed by atoms with Crippen molar-refractivity contribution in [1.29, 1.82) is 0 Å². The quantitative estimate of drug-likeness (QED) is 0.770. The molecule has 1 fully saturated rings. The van der Waals surface area contributed by atoms with Crippen molar-refractivity contribution in [1.82, 2.24) is 10.2 Å². The minimum absolute atomic E-state index is 0.845. The Bertz CT molecular complexity index is 389. The molecule has 0 spiro atoms. The van der Waals surface area contributed by atoms with Crippen LogP contribution < -0.4 is 5.32 Å². The van der Waals surface area contributed by atoms with E-state index in [-0.39, 0.29) is 0 Å². The third-order valence-electron chi connectivity index (χ3n) is 4.39. The number of likely N-dealkylation sites (tertiary alicyclic amines) is 1. The van der Waals surface area contributed by atoms with E-state index >= 15 is 0 Å². The van der Waals surface area contributed by atoms with Gasteiger partial charge < -0.3 is 5.32 Å². The molecule has 1 aromatic carbocycles. The molecule has 118 valence electrons. The zero-order chi connectivity index (χ0) is 15.1. The first kappa shape index (κ1) is 16.5. The van der Waals surface area contributed by atoms with Crippen LogP contribution in [0.1, 0.15) is 44.7 Å². The van der Waals surface area contributed by atoms with Gasteiger partial charge in [0.25, 0.3) is 0 Å². The molecule has 2 unspecified atom stereocenters. The summed E-state index contributed by atoms with van der Waals surface area (Å²) in [5, 5.41) is 3.47. The lowest BCUT2D eigenvalue weighted by molar-refractivity contribution is 0.134. The van der Waals surface area contributed by atoms with Gasteiger partial charge in [-0.15, -0.1) is 0 Å². The van der Waals surface area contributed by atoms with Gasteiger partial charge in [0.05, 0.1) is 0 Å². The molecule has 2 rings (SSSR count). The normalized spacial score (nSPS) is 23.4. The fourth-order valence-corrected chi connectivity index (χ4v) is 3.53. The fourth-order valence-electron chi connectivity index (χ4n) is 3.53. The molecule has 0 saturated carbocycles. The molecule has 2 heteroatoms. The van der Waals surface area contributed by atoms with Crippen LogP contribution in [0.15, 0.2) is 24.3 Å². The molecule has 2 nitrogen and oxygen atoms in total. The standard InChI is InChI=1S/C19H32N2/c1-4-10-20-11-9-18-5-7-19(8-6-18)15-21-13-16(2)12-17(3)14-21/h5-8,16-17,20H,4,9-15H2,1-3H3. The molecule has 1 N–H and O–H groups in total. The fraction of sp³-hybridized carbons (Fsp3) is 0.684. The van der Waals surface area contributed by atoms with Gasteiger partial charge in [0, 0.05) is 19.6 Å². The van der Waals surface area contributed by atoms with Crippen molar-refractivity contribution in [2.75, 3.05) is 26.2 Å². The van der Waals surface area contributed by atoms with E-state index in [4.69, 9.17) is 0 Å². The summed E-state index contributed by atoms with van der Waals surface area (Å²) in [5.74, 6) is 1.69. The summed E-state index contributed by atoms with van der Waals surface area (Å²) in [4.78, 5) is 2.62. The summed E-state index contributed by atoms with van der Waals surface area (Å²) in [5.41, 5.74) is 2.91. The van der Waals surface area contributed by atoms with Crippen LogP contribution in [-0.4, -0.2) is 31.1 Å². The van der Waals surface area contributed by atoms with Crippen molar-refractivity contribution < 1.29 is 0 Å². The second-order valence-corrected chi connectivity index (χ2v) is 6.96. The lowest BCUT2D eigenvalue weighted by Crippen LogP contribution is -2.38. The summed E-state index contributed by atoms with van der Waals surface area (Å²) >= 11 is 0. The molecule has 0 amide bonds. The molecule has 1 aliphatic heterocycles. The highest BCUT2D eigenvalue weighted by atomic mass is 15.1. The van der Waals surface area contributed by atoms with E-state index in [1.165, 1.54) is 37.1 Å². The van der Waals surface area contributed by atoms with Crippen LogP contribution in [0.4, 0.5) is 0 Å². The van der Waals surface area contributed by atoms with Crippen LogP contribution in [0, 0.1) is 11.8 Å². The highest BCUT2D eigenvalue weighted by molar-refractivity contribution is 5.22. The number of benzene rings is 1. The maximum atomic E-state index is 3.47. The first-order chi connectivity index (χ1) is 10.2. The average molecular weight is 288 g/mol. The zero-order valence-electron chi connectivity index (χ0n) is 14.1. The topological polar surface area (TPSA) is 15.3 Å². The smallest absolute Gasteiger partial charge is 0.0233 e. The Morgan fingerprint density at radius 3 is 2.24 bits per heavy atom. The second kappa shape index (κ2) is 8.55. The van der Waals surface area contributed by atoms with E-state index in [1.54, 1.807) is 0 Å². The third kappa shape index (κ3) is 5.80. The molecule has 1 heterocycles. The minimum Gasteiger partial charge on any atom is -0.316 e. The Morgan fingerprint density at radius 2 is 1.62 bits per heavy atom. The Hall–Kier alpha value is -0.860. The van der Waals surface area contributed by atoms with Crippen LogP contribution in [0.25, 0.3) is 0 Å². The summed E-state index contributed by atoms with van der Waals surface area (Å²) in [6.45, 7) is 12.8. The van der Waals surface area contributed by atoms with Crippen LogP contribution in [0.2, 0.25) is 0 Å². The largest absolute Gasteiger partial charge is 0.316 e. The lowest BCUT2D eigenvalue weighted by atomic mass is 9.91. The molecule has 1 saturated heterocycles. The van der Waals surface area contributed by atoms with E-state index in [0.29, 0.717) is 0 Å². The van der Waals surface area contributed by atoms with Gasteiger partial charge >= 0.3 is 0 Å². The highest BCUT2D eigenvalue weighted by Crippen LogP contribution is 2.22. The Labute approximate surface area is 130 Å². The van der Waals surface area contributed by atoms with Crippen molar-refractivity contribution in [3.05, 3.63) is 35.4 Å². The second-order valence-electron chi connectivity index (χ2n) is 6.96. The summed E-state index contributed by atoms with van der Waals surface area (Å²) in [7, 11) is 0. The first-order valence-corrected chi connectivity index (χ1v) is 8.68. The van der Waals surface area contributed by atoms with Gasteiger partial charge in [-0.3, -0.25) is 4.90 Å². The van der Waals surface area contributed by atoms with Crippen LogP contribution in [0.3, 0.4) is 0 Å². The van der Waals surface area contributed by atoms with Crippen molar-refractivity contribution in [3.8, 4) is 0 Å². The van der Waals surface area contributed by atoms with Crippen molar-refractivity contribution in [2.24, 2.45) is 11.8 Å². The number of nitrogens with zero attached hydrogens (tertiary/aromatic N) is 1. The van der Waals surface area contributed by atoms with Gasteiger partial charge in [0.15, 0.2) is 0 Å². The third-order valence-corrected chi connectivity index (χ3v) is 4.39. The number of rotatable bonds is 7. The first-order valence-electron chi connectivity index (χ1n) is 8.68. The number of nitrogens with one attached hydrogen (secondary N) is 1. The van der Waals surface area contributed by atoms with E-state index < -0.39 is 0 Å². The van der Waals surface area contributed by atoms with E-state index in [9.17, 15) is 0 Å². The molecule has 1 aromatic rings. The van der Waals surface area contributed by atoms with E-state index in [1.807, 2.05) is 0 Å². The molecule has 1 aliphatic rings. The number of piperidine rings is 1. The maximum Gasteiger partial charge on any atom is 0.0233 e. The zero-order valence-corrected chi connectivity index (χ0v) is 14.1. The Kier molecular flexibility index (Phi) is 6.72. The molecule has 2 atom stereocenters. The van der Waals surface area contributed by atoms with Gasteiger partial charge in [0.1, 0.15) is 0 Å². The van der Waals surface area contributed by atoms with Gasteiger partial charge in [-0.25, -0.2) is 0 Å². The van der Waals surface area contributed by atoms with Gasteiger partial charge in [-0.05, 0) is 55.3 Å². The highest BCUT2D eigenvalue weighted by Gasteiger charge is 2.21. The molecule has 21 heavy (non-hydrogen) atoms. The molecule has 0 aromatic heterocycles. The van der Waals surface area contributed by atoms with Crippen LogP contribution >= 0.6 is 0 Å². The summed E-state index contributed by atoms with van der Waals surface area (Å²) in [6.07, 6.45) is 3.74. The Balaban J connectivity index is 1.79. The number of hydrogen-bond donors (Lipinski definition) is 1.